The molecule has 0 aliphatic heterocycles. The highest BCUT2D eigenvalue weighted by molar-refractivity contribution is 9.10. The van der Waals surface area contributed by atoms with E-state index in [2.05, 4.69) is 26.2 Å². The van der Waals surface area contributed by atoms with Crippen LogP contribution in [0.1, 0.15) is 18.9 Å². The summed E-state index contributed by atoms with van der Waals surface area (Å²) in [5.41, 5.74) is 0.209. The Hall–Kier alpha value is -1.56. The molecule has 2 nitrogen and oxygen atoms in total. The second-order valence-electron chi connectivity index (χ2n) is 4.53. The predicted molar refractivity (Wildman–Crippen MR) is 81.2 cm³/mol. The molecule has 0 fully saturated rings. The van der Waals surface area contributed by atoms with Crippen molar-refractivity contribution < 1.29 is 13.2 Å². The van der Waals surface area contributed by atoms with Crippen LogP contribution in [0, 0.1) is 0 Å². The first-order valence-corrected chi connectivity index (χ1v) is 7.29. The summed E-state index contributed by atoms with van der Waals surface area (Å²) in [4.78, 5) is 4.27. The van der Waals surface area contributed by atoms with Crippen LogP contribution in [-0.2, 0) is 6.18 Å². The largest absolute Gasteiger partial charge is 0.416 e. The number of nitrogens with one attached hydrogen (secondary N) is 1. The second-order valence-corrected chi connectivity index (χ2v) is 5.39. The van der Waals surface area contributed by atoms with Gasteiger partial charge in [-0.3, -0.25) is 0 Å². The Morgan fingerprint density at radius 1 is 1.19 bits per heavy atom. The lowest BCUT2D eigenvalue weighted by Gasteiger charge is -2.13. The van der Waals surface area contributed by atoms with Gasteiger partial charge in [-0.1, -0.05) is 41.1 Å². The summed E-state index contributed by atoms with van der Waals surface area (Å²) in [5, 5.41) is 2.91. The van der Waals surface area contributed by atoms with Crippen molar-refractivity contribution in [2.75, 3.05) is 11.9 Å². The lowest BCUT2D eigenvalue weighted by Crippen LogP contribution is -2.09. The number of halogens is 4. The molecule has 0 aliphatic rings. The van der Waals surface area contributed by atoms with Crippen LogP contribution < -0.4 is 5.32 Å². The summed E-state index contributed by atoms with van der Waals surface area (Å²) in [6.45, 7) is 2.51. The van der Waals surface area contributed by atoms with Gasteiger partial charge in [-0.15, -0.1) is 0 Å². The number of benzene rings is 1. The molecule has 0 atom stereocenters. The zero-order chi connectivity index (χ0) is 15.5. The molecular formula is C15H14BrF3N2. The van der Waals surface area contributed by atoms with Gasteiger partial charge >= 0.3 is 6.18 Å². The molecule has 0 aliphatic carbocycles. The number of alkyl halides is 3. The van der Waals surface area contributed by atoms with Crippen molar-refractivity contribution in [3.8, 4) is 11.3 Å². The van der Waals surface area contributed by atoms with E-state index in [0.29, 0.717) is 16.6 Å². The zero-order valence-electron chi connectivity index (χ0n) is 11.3. The lowest BCUT2D eigenvalue weighted by molar-refractivity contribution is -0.137. The molecule has 0 saturated heterocycles. The number of anilines is 1. The minimum Gasteiger partial charge on any atom is -0.370 e. The monoisotopic (exact) mass is 358 g/mol. The average molecular weight is 359 g/mol. The fraction of sp³-hybridized carbons (Fsp3) is 0.267. The minimum absolute atomic E-state index is 0.234. The Morgan fingerprint density at radius 2 is 1.90 bits per heavy atom. The minimum atomic E-state index is -4.40. The molecule has 0 spiro atoms. The van der Waals surface area contributed by atoms with E-state index in [1.165, 1.54) is 0 Å². The highest BCUT2D eigenvalue weighted by Gasteiger charge is 2.31. The van der Waals surface area contributed by atoms with Crippen LogP contribution in [-0.4, -0.2) is 11.5 Å². The van der Waals surface area contributed by atoms with E-state index in [1.54, 1.807) is 24.3 Å². The summed E-state index contributed by atoms with van der Waals surface area (Å²) in [6.07, 6.45) is -3.59. The fourth-order valence-electron chi connectivity index (χ4n) is 1.84. The maximum Gasteiger partial charge on any atom is 0.416 e. The zero-order valence-corrected chi connectivity index (χ0v) is 12.9. The predicted octanol–water partition coefficient (Wildman–Crippen LogP) is 5.35. The third kappa shape index (κ3) is 3.97. The van der Waals surface area contributed by atoms with E-state index < -0.39 is 11.7 Å². The maximum atomic E-state index is 13.0. The Kier molecular flexibility index (Phi) is 4.88. The van der Waals surface area contributed by atoms with Gasteiger partial charge in [0.25, 0.3) is 0 Å². The number of nitrogens with zero attached hydrogens (tertiary/aromatic N) is 1. The van der Waals surface area contributed by atoms with Gasteiger partial charge < -0.3 is 5.32 Å². The standard InChI is InChI=1S/C15H14BrF3N2/c1-2-7-20-14-9-10(15(17,18)19)8-13(21-14)11-5-3-4-6-12(11)16/h3-6,8-9H,2,7H2,1H3,(H,20,21). The van der Waals surface area contributed by atoms with Gasteiger partial charge in [0.05, 0.1) is 11.3 Å². The van der Waals surface area contributed by atoms with Crippen LogP contribution in [0.15, 0.2) is 40.9 Å². The molecule has 6 heteroatoms. The molecule has 0 amide bonds. The first-order chi connectivity index (χ1) is 9.91. The van der Waals surface area contributed by atoms with Gasteiger partial charge in [0.1, 0.15) is 5.82 Å². The number of hydrogen-bond donors (Lipinski definition) is 1. The molecule has 0 unspecified atom stereocenters. The number of pyridine rings is 1. The molecule has 21 heavy (non-hydrogen) atoms. The molecule has 0 radical (unpaired) electrons. The molecule has 1 aromatic carbocycles. The molecular weight excluding hydrogens is 345 g/mol. The summed E-state index contributed by atoms with van der Waals surface area (Å²) < 4.78 is 39.8. The van der Waals surface area contributed by atoms with Crippen LogP contribution in [0.5, 0.6) is 0 Å². The SMILES string of the molecule is CCCNc1cc(C(F)(F)F)cc(-c2ccccc2Br)n1. The normalized spacial score (nSPS) is 11.5. The number of hydrogen-bond acceptors (Lipinski definition) is 2. The Labute approximate surface area is 129 Å². The first kappa shape index (κ1) is 15.8. The summed E-state index contributed by atoms with van der Waals surface area (Å²) in [5.74, 6) is 0.234. The van der Waals surface area contributed by atoms with Crippen molar-refractivity contribution in [2.45, 2.75) is 19.5 Å². The van der Waals surface area contributed by atoms with Crippen LogP contribution in [0.2, 0.25) is 0 Å². The summed E-state index contributed by atoms with van der Waals surface area (Å²) >= 11 is 3.34. The van der Waals surface area contributed by atoms with Crippen LogP contribution >= 0.6 is 15.9 Å². The quantitative estimate of drug-likeness (QED) is 0.796. The first-order valence-electron chi connectivity index (χ1n) is 6.50. The Bertz CT molecular complexity index is 627. The van der Waals surface area contributed by atoms with Gasteiger partial charge in [0.2, 0.25) is 0 Å². The second kappa shape index (κ2) is 6.47. The molecule has 1 heterocycles. The van der Waals surface area contributed by atoms with Crippen molar-refractivity contribution >= 4 is 21.7 Å². The summed E-state index contributed by atoms with van der Waals surface area (Å²) in [7, 11) is 0. The van der Waals surface area contributed by atoms with Crippen LogP contribution in [0.4, 0.5) is 19.0 Å². The van der Waals surface area contributed by atoms with Crippen molar-refractivity contribution in [1.82, 2.24) is 4.98 Å². The third-order valence-corrected chi connectivity index (χ3v) is 3.55. The smallest absolute Gasteiger partial charge is 0.370 e. The topological polar surface area (TPSA) is 24.9 Å². The van der Waals surface area contributed by atoms with Crippen molar-refractivity contribution in [2.24, 2.45) is 0 Å². The molecule has 0 saturated carbocycles. The Morgan fingerprint density at radius 3 is 2.52 bits per heavy atom. The van der Waals surface area contributed by atoms with Gasteiger partial charge in [0.15, 0.2) is 0 Å². The van der Waals surface area contributed by atoms with Gasteiger partial charge in [0, 0.05) is 16.6 Å². The van der Waals surface area contributed by atoms with Crippen molar-refractivity contribution in [1.29, 1.82) is 0 Å². The van der Waals surface area contributed by atoms with Gasteiger partial charge in [-0.25, -0.2) is 4.98 Å². The van der Waals surface area contributed by atoms with E-state index in [9.17, 15) is 13.2 Å². The molecule has 1 aromatic heterocycles. The average Bonchev–Trinajstić information content (AvgIpc) is 2.44. The molecule has 2 aromatic rings. The van der Waals surface area contributed by atoms with Gasteiger partial charge in [-0.05, 0) is 24.6 Å². The highest BCUT2D eigenvalue weighted by atomic mass is 79.9. The van der Waals surface area contributed by atoms with Crippen molar-refractivity contribution in [3.05, 3.63) is 46.4 Å². The lowest BCUT2D eigenvalue weighted by atomic mass is 10.1. The maximum absolute atomic E-state index is 13.0. The highest BCUT2D eigenvalue weighted by Crippen LogP contribution is 2.35. The van der Waals surface area contributed by atoms with Crippen molar-refractivity contribution in [3.63, 3.8) is 0 Å². The fourth-order valence-corrected chi connectivity index (χ4v) is 2.33. The van der Waals surface area contributed by atoms with Gasteiger partial charge in [-0.2, -0.15) is 13.2 Å². The summed E-state index contributed by atoms with van der Waals surface area (Å²) in [6, 6.07) is 9.18. The molecule has 1 N–H and O–H groups in total. The molecule has 0 bridgehead atoms. The molecule has 2 rings (SSSR count). The van der Waals surface area contributed by atoms with E-state index in [-0.39, 0.29) is 11.5 Å². The van der Waals surface area contributed by atoms with E-state index in [0.717, 1.165) is 18.6 Å². The van der Waals surface area contributed by atoms with E-state index in [1.807, 2.05) is 6.92 Å². The molecule has 112 valence electrons. The van der Waals surface area contributed by atoms with E-state index in [4.69, 9.17) is 0 Å². The number of rotatable bonds is 4. The van der Waals surface area contributed by atoms with Crippen LogP contribution in [0.25, 0.3) is 11.3 Å². The Balaban J connectivity index is 2.52. The van der Waals surface area contributed by atoms with E-state index >= 15 is 0 Å². The number of aromatic nitrogens is 1. The third-order valence-electron chi connectivity index (χ3n) is 2.86. The van der Waals surface area contributed by atoms with Crippen LogP contribution in [0.3, 0.4) is 0 Å².